The third-order valence-electron chi connectivity index (χ3n) is 6.38. The van der Waals surface area contributed by atoms with E-state index in [1.54, 1.807) is 27.8 Å². The van der Waals surface area contributed by atoms with Crippen molar-refractivity contribution in [1.82, 2.24) is 34.8 Å². The Morgan fingerprint density at radius 1 is 1.11 bits per heavy atom. The number of fused-ring (bicyclic) bond motifs is 1. The highest BCUT2D eigenvalue weighted by Gasteiger charge is 2.23. The molecule has 0 spiro atoms. The van der Waals surface area contributed by atoms with Gasteiger partial charge in [0, 0.05) is 30.4 Å². The van der Waals surface area contributed by atoms with Gasteiger partial charge in [-0.25, -0.2) is 18.4 Å². The molecule has 12 heteroatoms. The third-order valence-corrected chi connectivity index (χ3v) is 7.92. The number of aryl methyl sites for hydroxylation is 2. The highest BCUT2D eigenvalue weighted by Crippen LogP contribution is 2.25. The summed E-state index contributed by atoms with van der Waals surface area (Å²) in [6.07, 6.45) is 4.81. The van der Waals surface area contributed by atoms with Gasteiger partial charge in [-0.05, 0) is 44.9 Å². The maximum absolute atomic E-state index is 12.6. The molecule has 38 heavy (non-hydrogen) atoms. The summed E-state index contributed by atoms with van der Waals surface area (Å²) in [5.74, 6) is 1.01. The summed E-state index contributed by atoms with van der Waals surface area (Å²) in [6, 6.07) is 9.50. The Labute approximate surface area is 221 Å². The van der Waals surface area contributed by atoms with Crippen molar-refractivity contribution in [3.63, 3.8) is 0 Å². The van der Waals surface area contributed by atoms with Crippen molar-refractivity contribution in [3.8, 4) is 11.3 Å². The zero-order chi connectivity index (χ0) is 27.1. The Morgan fingerprint density at radius 2 is 1.92 bits per heavy atom. The summed E-state index contributed by atoms with van der Waals surface area (Å²) >= 11 is 0. The number of hydrogen-bond donors (Lipinski definition) is 2. The summed E-state index contributed by atoms with van der Waals surface area (Å²) in [6.45, 7) is 8.82. The van der Waals surface area contributed by atoms with Crippen molar-refractivity contribution < 1.29 is 13.2 Å². The van der Waals surface area contributed by atoms with Gasteiger partial charge in [-0.1, -0.05) is 12.1 Å². The molecule has 0 saturated heterocycles. The smallest absolute Gasteiger partial charge is 0.254 e. The molecule has 5 rings (SSSR count). The predicted octanol–water partition coefficient (Wildman–Crippen LogP) is 3.20. The number of amides is 1. The summed E-state index contributed by atoms with van der Waals surface area (Å²) < 4.78 is 27.3. The minimum Gasteiger partial charge on any atom is -0.348 e. The van der Waals surface area contributed by atoms with Gasteiger partial charge in [0.05, 0.1) is 46.7 Å². The van der Waals surface area contributed by atoms with Crippen molar-refractivity contribution in [1.29, 1.82) is 0 Å². The molecule has 1 amide bonds. The molecule has 1 aliphatic heterocycles. The Kier molecular flexibility index (Phi) is 6.51. The molecule has 0 radical (unpaired) electrons. The van der Waals surface area contributed by atoms with Gasteiger partial charge >= 0.3 is 0 Å². The zero-order valence-corrected chi connectivity index (χ0v) is 22.6. The van der Waals surface area contributed by atoms with E-state index in [2.05, 4.69) is 30.8 Å². The molecular formula is C26H30N8O3S. The average Bonchev–Trinajstić information content (AvgIpc) is 3.50. The lowest BCUT2D eigenvalue weighted by molar-refractivity contribution is 0.0950. The van der Waals surface area contributed by atoms with E-state index < -0.39 is 9.84 Å². The Hall–Kier alpha value is -4.06. The first-order valence-electron chi connectivity index (χ1n) is 12.3. The van der Waals surface area contributed by atoms with Gasteiger partial charge < -0.3 is 10.6 Å². The summed E-state index contributed by atoms with van der Waals surface area (Å²) in [4.78, 5) is 21.3. The molecule has 0 fully saturated rings. The molecule has 4 heterocycles. The van der Waals surface area contributed by atoms with Crippen molar-refractivity contribution in [3.05, 3.63) is 71.4 Å². The van der Waals surface area contributed by atoms with Crippen molar-refractivity contribution >= 4 is 27.4 Å². The number of carbonyl (C=O) groups is 1. The normalized spacial score (nSPS) is 14.6. The van der Waals surface area contributed by atoms with E-state index in [0.29, 0.717) is 36.0 Å². The molecule has 0 atom stereocenters. The van der Waals surface area contributed by atoms with Crippen LogP contribution < -0.4 is 10.6 Å². The van der Waals surface area contributed by atoms with E-state index in [1.165, 1.54) is 6.33 Å². The number of hydrogen-bond acceptors (Lipinski definition) is 8. The molecule has 0 unspecified atom stereocenters. The number of carbonyl (C=O) groups excluding carboxylic acids is 1. The first-order valence-corrected chi connectivity index (χ1v) is 14.1. The molecule has 0 bridgehead atoms. The lowest BCUT2D eigenvalue weighted by Gasteiger charge is -2.18. The van der Waals surface area contributed by atoms with Gasteiger partial charge in [0.2, 0.25) is 0 Å². The van der Waals surface area contributed by atoms with Crippen LogP contribution in [0.4, 0.5) is 11.6 Å². The van der Waals surface area contributed by atoms with Crippen LogP contribution in [0.5, 0.6) is 0 Å². The molecule has 3 aromatic heterocycles. The predicted molar refractivity (Wildman–Crippen MR) is 144 cm³/mol. The first-order chi connectivity index (χ1) is 18.0. The van der Waals surface area contributed by atoms with Crippen LogP contribution in [0.15, 0.2) is 49.1 Å². The van der Waals surface area contributed by atoms with Gasteiger partial charge in [-0.2, -0.15) is 10.2 Å². The molecule has 1 aromatic carbocycles. The maximum atomic E-state index is 12.6. The maximum Gasteiger partial charge on any atom is 0.254 e. The van der Waals surface area contributed by atoms with E-state index in [-0.39, 0.29) is 23.0 Å². The molecule has 1 aliphatic rings. The van der Waals surface area contributed by atoms with Crippen molar-refractivity contribution in [2.24, 2.45) is 0 Å². The lowest BCUT2D eigenvalue weighted by Crippen LogP contribution is -2.24. The Morgan fingerprint density at radius 3 is 2.66 bits per heavy atom. The zero-order valence-electron chi connectivity index (χ0n) is 21.8. The number of nitrogens with one attached hydrogen (secondary N) is 2. The molecule has 4 aromatic rings. The van der Waals surface area contributed by atoms with E-state index in [9.17, 15) is 13.2 Å². The number of anilines is 2. The number of benzene rings is 1. The minimum atomic E-state index is -3.08. The van der Waals surface area contributed by atoms with Gasteiger partial charge in [0.1, 0.15) is 12.1 Å². The van der Waals surface area contributed by atoms with Gasteiger partial charge in [0.25, 0.3) is 5.91 Å². The standard InChI is InChI=1S/C26H30N8O3S/c1-17-9-18(5-6-19(17)12-27-25(35)20-13-30-34(14-20)26(2,3)4)22-11-23(29-16-28-22)31-24-10-21-15-38(36,37)8-7-33(21)32-24/h5-6,9-11,13-14,16H,7-8,12,15H2,1-4H3,(H,27,35)(H,28,29,31,32). The minimum absolute atomic E-state index is 0.0106. The van der Waals surface area contributed by atoms with E-state index in [0.717, 1.165) is 22.4 Å². The second kappa shape index (κ2) is 9.67. The fraction of sp³-hybridized carbons (Fsp3) is 0.346. The summed E-state index contributed by atoms with van der Waals surface area (Å²) in [5, 5.41) is 14.9. The van der Waals surface area contributed by atoms with Gasteiger partial charge in [-0.3, -0.25) is 14.2 Å². The number of rotatable bonds is 6. The van der Waals surface area contributed by atoms with Crippen LogP contribution in [-0.4, -0.2) is 49.6 Å². The van der Waals surface area contributed by atoms with Crippen LogP contribution >= 0.6 is 0 Å². The number of aromatic nitrogens is 6. The van der Waals surface area contributed by atoms with E-state index in [4.69, 9.17) is 0 Å². The van der Waals surface area contributed by atoms with Crippen LogP contribution in [0.3, 0.4) is 0 Å². The van der Waals surface area contributed by atoms with Crippen LogP contribution in [0.1, 0.15) is 48.0 Å². The first kappa shape index (κ1) is 25.6. The number of nitrogens with zero attached hydrogens (tertiary/aromatic N) is 6. The van der Waals surface area contributed by atoms with E-state index >= 15 is 0 Å². The van der Waals surface area contributed by atoms with Crippen LogP contribution in [0.25, 0.3) is 11.3 Å². The molecule has 2 N–H and O–H groups in total. The molecule has 198 valence electrons. The summed E-state index contributed by atoms with van der Waals surface area (Å²) in [7, 11) is -3.08. The van der Waals surface area contributed by atoms with Crippen molar-refractivity contribution in [2.75, 3.05) is 11.1 Å². The molecule has 0 saturated carbocycles. The van der Waals surface area contributed by atoms with Gasteiger partial charge in [0.15, 0.2) is 15.7 Å². The second-order valence-corrected chi connectivity index (χ2v) is 12.6. The van der Waals surface area contributed by atoms with Crippen LogP contribution in [0.2, 0.25) is 0 Å². The van der Waals surface area contributed by atoms with Crippen LogP contribution in [-0.2, 0) is 34.2 Å². The summed E-state index contributed by atoms with van der Waals surface area (Å²) in [5.41, 5.74) is 4.64. The topological polar surface area (TPSA) is 137 Å². The van der Waals surface area contributed by atoms with Crippen molar-refractivity contribution in [2.45, 2.75) is 52.1 Å². The molecular weight excluding hydrogens is 504 g/mol. The quantitative estimate of drug-likeness (QED) is 0.385. The Bertz CT molecular complexity index is 1620. The highest BCUT2D eigenvalue weighted by atomic mass is 32.2. The monoisotopic (exact) mass is 534 g/mol. The van der Waals surface area contributed by atoms with Gasteiger partial charge in [-0.15, -0.1) is 0 Å². The Balaban J connectivity index is 1.26. The lowest BCUT2D eigenvalue weighted by atomic mass is 10.0. The van der Waals surface area contributed by atoms with E-state index in [1.807, 2.05) is 52.0 Å². The van der Waals surface area contributed by atoms with Crippen LogP contribution in [0, 0.1) is 6.92 Å². The molecule has 11 nitrogen and oxygen atoms in total. The average molecular weight is 535 g/mol. The highest BCUT2D eigenvalue weighted by molar-refractivity contribution is 7.90. The number of sulfone groups is 1. The fourth-order valence-electron chi connectivity index (χ4n) is 4.20. The largest absolute Gasteiger partial charge is 0.348 e. The third kappa shape index (κ3) is 5.59. The second-order valence-electron chi connectivity index (χ2n) is 10.4. The fourth-order valence-corrected chi connectivity index (χ4v) is 5.48. The SMILES string of the molecule is Cc1cc(-c2cc(Nc3cc4n(n3)CCS(=O)(=O)C4)ncn2)ccc1CNC(=O)c1cnn(C(C)(C)C)c1. The molecule has 0 aliphatic carbocycles.